The van der Waals surface area contributed by atoms with Crippen LogP contribution < -0.4 is 0 Å². The summed E-state index contributed by atoms with van der Waals surface area (Å²) in [4.78, 5) is 16.1. The summed E-state index contributed by atoms with van der Waals surface area (Å²) in [7, 11) is 0. The molecule has 1 aliphatic heterocycles. The molecule has 0 fully saturated rings. The number of thiophene rings is 1. The van der Waals surface area contributed by atoms with Crippen molar-refractivity contribution < 1.29 is 0 Å². The van der Waals surface area contributed by atoms with Gasteiger partial charge < -0.3 is 0 Å². The number of aryl methyl sites for hydroxylation is 1. The summed E-state index contributed by atoms with van der Waals surface area (Å²) in [5.41, 5.74) is 10.9. The fourth-order valence-electron chi connectivity index (χ4n) is 8.85. The first kappa shape index (κ1) is 32.0. The summed E-state index contributed by atoms with van der Waals surface area (Å²) >= 11 is 1.91. The van der Waals surface area contributed by atoms with Crippen LogP contribution in [0.4, 0.5) is 0 Å². The zero-order chi connectivity index (χ0) is 36.3. The molecule has 2 heterocycles. The standard InChI is InChI=1S/C51H35N3S/c1-2-14-33(15-3-1)50-53-46(31-52-51(54-50)43-23-12-18-32-13-6-7-19-37(32)43)44-28-27-42-40-22-10-11-24-47(40)55-49(42)48(44)41-26-25-36-29-34-16-4-5-17-35(34)30-45(36)39-21-9-8-20-38(39)41/h1-24,27-30,41H,25-26,31H2. The van der Waals surface area contributed by atoms with Crippen molar-refractivity contribution >= 4 is 70.4 Å². The molecule has 4 heteroatoms. The van der Waals surface area contributed by atoms with Crippen molar-refractivity contribution in [2.75, 3.05) is 6.54 Å². The van der Waals surface area contributed by atoms with E-state index < -0.39 is 0 Å². The number of benzene rings is 8. The summed E-state index contributed by atoms with van der Waals surface area (Å²) in [6.07, 6.45) is 1.97. The number of fused-ring (bicyclic) bond motifs is 8. The molecular weight excluding hydrogens is 687 g/mol. The lowest BCUT2D eigenvalue weighted by atomic mass is 9.81. The first-order valence-electron chi connectivity index (χ1n) is 19.1. The van der Waals surface area contributed by atoms with Crippen molar-refractivity contribution in [1.82, 2.24) is 0 Å². The monoisotopic (exact) mass is 721 g/mol. The van der Waals surface area contributed by atoms with Gasteiger partial charge in [0, 0.05) is 42.8 Å². The summed E-state index contributed by atoms with van der Waals surface area (Å²) in [5, 5.41) is 7.49. The van der Waals surface area contributed by atoms with Crippen LogP contribution in [0.25, 0.3) is 52.8 Å². The van der Waals surface area contributed by atoms with E-state index in [2.05, 4.69) is 164 Å². The van der Waals surface area contributed by atoms with Gasteiger partial charge in [-0.15, -0.1) is 11.3 Å². The van der Waals surface area contributed by atoms with Crippen LogP contribution in [0.1, 0.15) is 45.7 Å². The highest BCUT2D eigenvalue weighted by Gasteiger charge is 2.30. The molecule has 1 aliphatic carbocycles. The van der Waals surface area contributed by atoms with E-state index in [1.165, 1.54) is 64.1 Å². The first-order valence-corrected chi connectivity index (χ1v) is 19.9. The molecule has 9 aromatic rings. The van der Waals surface area contributed by atoms with Crippen LogP contribution in [0.15, 0.2) is 185 Å². The minimum absolute atomic E-state index is 0.142. The Bertz CT molecular complexity index is 3070. The normalized spacial score (nSPS) is 15.6. The Morgan fingerprint density at radius 1 is 0.491 bits per heavy atom. The average molecular weight is 722 g/mol. The highest BCUT2D eigenvalue weighted by molar-refractivity contribution is 7.26. The van der Waals surface area contributed by atoms with Crippen LogP contribution in [-0.4, -0.2) is 23.9 Å². The highest BCUT2D eigenvalue weighted by atomic mass is 32.1. The van der Waals surface area contributed by atoms with Gasteiger partial charge in [-0.1, -0.05) is 158 Å². The quantitative estimate of drug-likeness (QED) is 0.174. The van der Waals surface area contributed by atoms with E-state index in [1.54, 1.807) is 0 Å². The van der Waals surface area contributed by atoms with E-state index in [4.69, 9.17) is 15.0 Å². The Kier molecular flexibility index (Phi) is 7.63. The second-order valence-corrected chi connectivity index (χ2v) is 15.6. The molecule has 3 nitrogen and oxygen atoms in total. The molecule has 0 amide bonds. The SMILES string of the molecule is c1ccc(C2=NC(c3cccc4ccccc34)=NCC(c3ccc4c(sc5ccccc54)c3C3CCc4cc5ccccc5cc4-c4ccccc43)=N2)cc1. The average Bonchev–Trinajstić information content (AvgIpc) is 3.37. The van der Waals surface area contributed by atoms with Crippen molar-refractivity contribution in [3.8, 4) is 11.1 Å². The highest BCUT2D eigenvalue weighted by Crippen LogP contribution is 2.48. The van der Waals surface area contributed by atoms with Gasteiger partial charge in [-0.05, 0) is 74.3 Å². The van der Waals surface area contributed by atoms with Crippen molar-refractivity contribution in [2.24, 2.45) is 15.0 Å². The number of aliphatic imine (C=N–C) groups is 3. The lowest BCUT2D eigenvalue weighted by molar-refractivity contribution is 0.730. The van der Waals surface area contributed by atoms with Gasteiger partial charge in [0.25, 0.3) is 0 Å². The summed E-state index contributed by atoms with van der Waals surface area (Å²) in [5.74, 6) is 1.53. The molecule has 11 rings (SSSR count). The van der Waals surface area contributed by atoms with E-state index in [9.17, 15) is 0 Å². The maximum Gasteiger partial charge on any atom is 0.161 e. The van der Waals surface area contributed by atoms with Gasteiger partial charge in [0.1, 0.15) is 0 Å². The molecule has 1 atom stereocenters. The summed E-state index contributed by atoms with van der Waals surface area (Å²) < 4.78 is 2.64. The maximum atomic E-state index is 5.50. The van der Waals surface area contributed by atoms with E-state index in [0.717, 1.165) is 40.6 Å². The predicted octanol–water partition coefficient (Wildman–Crippen LogP) is 12.8. The molecular formula is C51H35N3S. The van der Waals surface area contributed by atoms with Crippen LogP contribution in [0.2, 0.25) is 0 Å². The lowest BCUT2D eigenvalue weighted by Gasteiger charge is -2.23. The van der Waals surface area contributed by atoms with Gasteiger partial charge in [0.2, 0.25) is 0 Å². The number of nitrogens with zero attached hydrogens (tertiary/aromatic N) is 3. The van der Waals surface area contributed by atoms with E-state index in [0.29, 0.717) is 18.2 Å². The Labute approximate surface area is 323 Å². The molecule has 0 spiro atoms. The van der Waals surface area contributed by atoms with Gasteiger partial charge in [-0.2, -0.15) is 0 Å². The van der Waals surface area contributed by atoms with Crippen molar-refractivity contribution in [1.29, 1.82) is 0 Å². The Balaban J connectivity index is 1.15. The van der Waals surface area contributed by atoms with Gasteiger partial charge >= 0.3 is 0 Å². The van der Waals surface area contributed by atoms with Crippen LogP contribution >= 0.6 is 11.3 Å². The zero-order valence-electron chi connectivity index (χ0n) is 30.1. The molecule has 8 aromatic carbocycles. The number of rotatable bonds is 4. The third kappa shape index (κ3) is 5.44. The molecule has 0 N–H and O–H groups in total. The smallest absolute Gasteiger partial charge is 0.161 e. The van der Waals surface area contributed by atoms with E-state index in [-0.39, 0.29) is 5.92 Å². The molecule has 2 aliphatic rings. The molecule has 1 aromatic heterocycles. The molecule has 0 radical (unpaired) electrons. The number of amidine groups is 2. The van der Waals surface area contributed by atoms with Gasteiger partial charge in [-0.25, -0.2) is 9.98 Å². The van der Waals surface area contributed by atoms with Gasteiger partial charge in [0.05, 0.1) is 12.3 Å². The summed E-state index contributed by atoms with van der Waals surface area (Å²) in [6, 6.07) is 61.4. The molecule has 260 valence electrons. The molecule has 0 saturated carbocycles. The Morgan fingerprint density at radius 3 is 2.09 bits per heavy atom. The minimum atomic E-state index is 0.142. The van der Waals surface area contributed by atoms with Crippen LogP contribution in [0.3, 0.4) is 0 Å². The molecule has 0 saturated heterocycles. The van der Waals surface area contributed by atoms with Crippen molar-refractivity contribution in [3.63, 3.8) is 0 Å². The van der Waals surface area contributed by atoms with Crippen molar-refractivity contribution in [2.45, 2.75) is 18.8 Å². The number of hydrogen-bond donors (Lipinski definition) is 0. The molecule has 1 unspecified atom stereocenters. The Hall–Kier alpha value is -6.49. The fourth-order valence-corrected chi connectivity index (χ4v) is 10.2. The predicted molar refractivity (Wildman–Crippen MR) is 234 cm³/mol. The maximum absolute atomic E-state index is 5.50. The summed E-state index contributed by atoms with van der Waals surface area (Å²) in [6.45, 7) is 0.418. The Morgan fingerprint density at radius 2 is 1.20 bits per heavy atom. The first-order chi connectivity index (χ1) is 27.3. The minimum Gasteiger partial charge on any atom is -0.260 e. The van der Waals surface area contributed by atoms with E-state index in [1.807, 2.05) is 17.4 Å². The fraction of sp³-hybridized carbons (Fsp3) is 0.0784. The molecule has 0 bridgehead atoms. The van der Waals surface area contributed by atoms with Gasteiger partial charge in [0.15, 0.2) is 11.7 Å². The zero-order valence-corrected chi connectivity index (χ0v) is 30.9. The lowest BCUT2D eigenvalue weighted by Crippen LogP contribution is -2.15. The topological polar surface area (TPSA) is 37.1 Å². The second kappa shape index (κ2) is 13.1. The van der Waals surface area contributed by atoms with Crippen LogP contribution in [-0.2, 0) is 6.42 Å². The van der Waals surface area contributed by atoms with Gasteiger partial charge in [-0.3, -0.25) is 4.99 Å². The largest absolute Gasteiger partial charge is 0.260 e. The van der Waals surface area contributed by atoms with Crippen LogP contribution in [0.5, 0.6) is 0 Å². The third-order valence-corrected chi connectivity index (χ3v) is 12.7. The molecule has 55 heavy (non-hydrogen) atoms. The van der Waals surface area contributed by atoms with E-state index >= 15 is 0 Å². The van der Waals surface area contributed by atoms with Crippen molar-refractivity contribution in [3.05, 3.63) is 203 Å². The van der Waals surface area contributed by atoms with Crippen LogP contribution in [0, 0.1) is 0 Å². The number of hydrogen-bond acceptors (Lipinski definition) is 4. The third-order valence-electron chi connectivity index (χ3n) is 11.4. The second-order valence-electron chi connectivity index (χ2n) is 14.6.